The number of rotatable bonds is 7. The lowest BCUT2D eigenvalue weighted by atomic mass is 9.88. The smallest absolute Gasteiger partial charge is 0.269 e. The predicted octanol–water partition coefficient (Wildman–Crippen LogP) is 15.4. The van der Waals surface area contributed by atoms with Crippen molar-refractivity contribution in [2.75, 3.05) is 0 Å². The number of fused-ring (bicyclic) bond motifs is 8. The van der Waals surface area contributed by atoms with Gasteiger partial charge in [-0.05, 0) is 106 Å². The van der Waals surface area contributed by atoms with Gasteiger partial charge in [0.1, 0.15) is 17.3 Å². The van der Waals surface area contributed by atoms with Crippen molar-refractivity contribution in [2.24, 2.45) is 0 Å². The van der Waals surface area contributed by atoms with Gasteiger partial charge in [0.15, 0.2) is 0 Å². The van der Waals surface area contributed by atoms with Gasteiger partial charge in [-0.15, -0.1) is 0 Å². The Morgan fingerprint density at radius 3 is 1.82 bits per heavy atom. The zero-order valence-corrected chi connectivity index (χ0v) is 44.7. The second kappa shape index (κ2) is 17.4. The molecule has 5 nitrogen and oxygen atoms in total. The molecule has 2 saturated heterocycles. The Morgan fingerprint density at radius 1 is 0.534 bits per heavy atom. The molecule has 0 bridgehead atoms. The minimum atomic E-state index is -1.40. The molecule has 2 fully saturated rings. The van der Waals surface area contributed by atoms with E-state index < -0.39 is 16.1 Å². The fourth-order valence-electron chi connectivity index (χ4n) is 14.4. The van der Waals surface area contributed by atoms with E-state index in [2.05, 4.69) is 199 Å². The molecule has 7 aromatic carbocycles. The van der Waals surface area contributed by atoms with E-state index in [4.69, 9.17) is 9.72 Å². The number of benzene rings is 7. The van der Waals surface area contributed by atoms with Crippen LogP contribution in [0.25, 0.3) is 72.3 Å². The molecular weight excluding hydrogens is 921 g/mol. The van der Waals surface area contributed by atoms with Crippen molar-refractivity contribution in [3.05, 3.63) is 187 Å². The van der Waals surface area contributed by atoms with Gasteiger partial charge in [0.05, 0.1) is 49.6 Å². The van der Waals surface area contributed by atoms with Crippen molar-refractivity contribution in [2.45, 2.75) is 114 Å². The van der Waals surface area contributed by atoms with Crippen LogP contribution in [0.3, 0.4) is 0 Å². The maximum Gasteiger partial charge on any atom is 0.269 e. The molecular formula is C66H64N4OSi2. The Hall–Kier alpha value is -6.81. The molecule has 0 aliphatic carbocycles. The van der Waals surface area contributed by atoms with Gasteiger partial charge >= 0.3 is 0 Å². The summed E-state index contributed by atoms with van der Waals surface area (Å²) in [5, 5.41) is 5.89. The minimum absolute atomic E-state index is 0.00826. The van der Waals surface area contributed by atoms with Gasteiger partial charge in [-0.2, -0.15) is 0 Å². The lowest BCUT2D eigenvalue weighted by Crippen LogP contribution is -2.49. The second-order valence-electron chi connectivity index (χ2n) is 23.2. The van der Waals surface area contributed by atoms with Crippen LogP contribution in [0.15, 0.2) is 164 Å². The Bertz CT molecular complexity index is 3710. The van der Waals surface area contributed by atoms with Crippen molar-refractivity contribution in [1.82, 2.24) is 14.1 Å². The molecule has 7 heteroatoms. The number of hydrogen-bond acceptors (Lipinski definition) is 2. The van der Waals surface area contributed by atoms with Gasteiger partial charge in [0, 0.05) is 23.0 Å². The fraction of sp³-hybridized carbons (Fsp3) is 0.273. The second-order valence-corrected chi connectivity index (χ2v) is 32.4. The first-order chi connectivity index (χ1) is 35.7. The zero-order chi connectivity index (χ0) is 48.9. The summed E-state index contributed by atoms with van der Waals surface area (Å²) in [4.78, 5) is 4.93. The molecule has 10 aromatic rings. The third-order valence-corrected chi connectivity index (χ3v) is 29.0. The normalized spacial score (nSPS) is 17.0. The summed E-state index contributed by atoms with van der Waals surface area (Å²) in [5.41, 5.74) is 16.2. The lowest BCUT2D eigenvalue weighted by molar-refractivity contribution is -0.571. The lowest BCUT2D eigenvalue weighted by Gasteiger charge is -2.34. The van der Waals surface area contributed by atoms with E-state index in [0.717, 1.165) is 45.1 Å². The van der Waals surface area contributed by atoms with Crippen molar-refractivity contribution < 1.29 is 9.30 Å². The average Bonchev–Trinajstić information content (AvgIpc) is 4.24. The molecule has 0 amide bonds. The summed E-state index contributed by atoms with van der Waals surface area (Å²) < 4.78 is 13.8. The standard InChI is InChI=1S/C66H64N4OSi2/c1-66(2,3)50-32-33-67-64(42-50)70-58-23-5-4-20-56(58)57-29-28-53(44-61(57)70)71-52-19-12-18-51(43-52)68-45-69(60-25-7-6-24-59(60)68)65-54(46-26-30-62-48(40-46)16-14-38-72(62)34-8-9-35-72)21-13-22-55(65)47-27-31-63-49(41-47)17-15-39-73(63)36-10-11-37-73/h4-7,12-13,18-33,40-44H,8-11,14-17,34-39H2,1-3H3. The van der Waals surface area contributed by atoms with Crippen LogP contribution < -0.4 is 19.7 Å². The molecule has 3 aromatic heterocycles. The fourth-order valence-corrected chi connectivity index (χ4v) is 25.5. The van der Waals surface area contributed by atoms with E-state index in [1.165, 1.54) is 132 Å². The Kier molecular flexibility index (Phi) is 10.7. The zero-order valence-electron chi connectivity index (χ0n) is 42.7. The van der Waals surface area contributed by atoms with Crippen LogP contribution in [0.2, 0.25) is 36.3 Å². The SMILES string of the molecule is CC(C)(C)c1ccnc(-n2c3ccccc3c3ccc(Oc4cccc(-n5[c-][n+](-c6c(-c7ccc8c(c7)CCC[Si]87CCCC7)cccc6-c6ccc7c(c6)CCC[Si]76CCCC6)c6ccccc65)c4)cc32)c1. The van der Waals surface area contributed by atoms with Gasteiger partial charge in [-0.1, -0.05) is 209 Å². The maximum atomic E-state index is 6.87. The monoisotopic (exact) mass is 984 g/mol. The third-order valence-electron chi connectivity index (χ3n) is 17.9. The molecule has 4 aliphatic rings. The molecule has 14 rings (SSSR count). The number of hydrogen-bond donors (Lipinski definition) is 0. The molecule has 0 saturated carbocycles. The van der Waals surface area contributed by atoms with Crippen LogP contribution in [0.4, 0.5) is 0 Å². The molecule has 362 valence electrons. The van der Waals surface area contributed by atoms with Crippen molar-refractivity contribution in [1.29, 1.82) is 0 Å². The van der Waals surface area contributed by atoms with Crippen LogP contribution in [-0.2, 0) is 18.3 Å². The van der Waals surface area contributed by atoms with Crippen LogP contribution in [0, 0.1) is 6.33 Å². The topological polar surface area (TPSA) is 35.9 Å². The summed E-state index contributed by atoms with van der Waals surface area (Å²) >= 11 is 0. The summed E-state index contributed by atoms with van der Waals surface area (Å²) in [6.45, 7) is 6.76. The summed E-state index contributed by atoms with van der Waals surface area (Å²) in [7, 11) is -2.81. The van der Waals surface area contributed by atoms with Crippen molar-refractivity contribution in [3.8, 4) is 50.9 Å². The number of para-hydroxylation sites is 4. The summed E-state index contributed by atoms with van der Waals surface area (Å²) in [6.07, 6.45) is 16.7. The number of ether oxygens (including phenoxy) is 1. The van der Waals surface area contributed by atoms with Gasteiger partial charge < -0.3 is 4.74 Å². The first-order valence-corrected chi connectivity index (χ1v) is 32.6. The number of pyridine rings is 1. The largest absolute Gasteiger partial charge is 0.458 e. The number of aromatic nitrogens is 4. The molecule has 7 heterocycles. The maximum absolute atomic E-state index is 6.87. The van der Waals surface area contributed by atoms with Gasteiger partial charge in [-0.25, -0.2) is 4.98 Å². The van der Waals surface area contributed by atoms with Gasteiger partial charge in [0.25, 0.3) is 6.33 Å². The van der Waals surface area contributed by atoms with E-state index in [9.17, 15) is 0 Å². The molecule has 4 aliphatic heterocycles. The molecule has 73 heavy (non-hydrogen) atoms. The van der Waals surface area contributed by atoms with E-state index >= 15 is 0 Å². The number of imidazole rings is 1. The van der Waals surface area contributed by atoms with Crippen molar-refractivity contribution in [3.63, 3.8) is 0 Å². The number of aryl methyl sites for hydroxylation is 2. The predicted molar refractivity (Wildman–Crippen MR) is 307 cm³/mol. The van der Waals surface area contributed by atoms with Gasteiger partial charge in [0.2, 0.25) is 0 Å². The molecule has 0 N–H and O–H groups in total. The van der Waals surface area contributed by atoms with E-state index in [0.29, 0.717) is 0 Å². The molecule has 0 radical (unpaired) electrons. The Morgan fingerprint density at radius 2 is 1.14 bits per heavy atom. The average molecular weight is 985 g/mol. The van der Waals surface area contributed by atoms with Crippen molar-refractivity contribution >= 4 is 59.4 Å². The Balaban J connectivity index is 0.892. The Labute approximate surface area is 432 Å². The highest BCUT2D eigenvalue weighted by Gasteiger charge is 2.42. The molecule has 0 unspecified atom stereocenters. The minimum Gasteiger partial charge on any atom is -0.458 e. The van der Waals surface area contributed by atoms with Crippen LogP contribution in [0.1, 0.15) is 76.0 Å². The van der Waals surface area contributed by atoms with E-state index in [1.807, 2.05) is 6.20 Å². The highest BCUT2D eigenvalue weighted by molar-refractivity contribution is 6.93. The molecule has 0 atom stereocenters. The third kappa shape index (κ3) is 7.51. The van der Waals surface area contributed by atoms with E-state index in [1.54, 1.807) is 21.5 Å². The molecule has 2 spiro atoms. The highest BCUT2D eigenvalue weighted by Crippen LogP contribution is 2.43. The van der Waals surface area contributed by atoms with E-state index in [-0.39, 0.29) is 5.41 Å². The first kappa shape index (κ1) is 44.9. The van der Waals surface area contributed by atoms with Crippen LogP contribution in [0.5, 0.6) is 11.5 Å². The number of nitrogens with zero attached hydrogens (tertiary/aromatic N) is 4. The first-order valence-electron chi connectivity index (χ1n) is 27.4. The van der Waals surface area contributed by atoms with Crippen LogP contribution in [-0.4, -0.2) is 30.3 Å². The quantitative estimate of drug-likeness (QED) is 0.0906. The van der Waals surface area contributed by atoms with Crippen LogP contribution >= 0.6 is 0 Å². The summed E-state index contributed by atoms with van der Waals surface area (Å²) in [6, 6.07) is 68.1. The van der Waals surface area contributed by atoms with Gasteiger partial charge in [-0.3, -0.25) is 13.7 Å². The summed E-state index contributed by atoms with van der Waals surface area (Å²) in [5.74, 6) is 2.44. The highest BCUT2D eigenvalue weighted by atomic mass is 28.3.